The quantitative estimate of drug-likeness (QED) is 0.00874. The van der Waals surface area contributed by atoms with Crippen LogP contribution in [0.1, 0.15) is 178 Å². The Kier molecular flexibility index (Phi) is 31.2. The first kappa shape index (κ1) is 91.5. The number of fused-ring (bicyclic) bond motifs is 1. The van der Waals surface area contributed by atoms with Crippen LogP contribution >= 0.6 is 0 Å². The summed E-state index contributed by atoms with van der Waals surface area (Å²) in [6.45, 7) is 28.8. The topological polar surface area (TPSA) is 461 Å². The Hall–Kier alpha value is -11.7. The fraction of sp³-hybridized carbons (Fsp3) is 0.524. The first-order valence-corrected chi connectivity index (χ1v) is 38.6. The van der Waals surface area contributed by atoms with Crippen LogP contribution in [-0.4, -0.2) is 201 Å². The number of amides is 9. The monoisotopic (exact) mass is 1610 g/mol. The molecule has 1 fully saturated rings. The molecule has 0 unspecified atom stereocenters. The number of rotatable bonds is 34. The highest BCUT2D eigenvalue weighted by atomic mass is 16.6. The number of carbonyl (C=O) groups excluding carboxylic acids is 11. The highest BCUT2D eigenvalue weighted by Gasteiger charge is 2.45. The summed E-state index contributed by atoms with van der Waals surface area (Å²) < 4.78 is 33.3. The second-order valence-electron chi connectivity index (χ2n) is 34.1. The number of benzene rings is 3. The van der Waals surface area contributed by atoms with Crippen molar-refractivity contribution in [3.8, 4) is 5.75 Å². The van der Waals surface area contributed by atoms with E-state index in [4.69, 9.17) is 34.8 Å². The molecule has 1 aliphatic rings. The van der Waals surface area contributed by atoms with Gasteiger partial charge < -0.3 is 81.6 Å². The number of carboxylic acid groups (broad SMARTS) is 1. The summed E-state index contributed by atoms with van der Waals surface area (Å²) in [6, 6.07) is 9.93. The lowest BCUT2D eigenvalue weighted by atomic mass is 10.0. The van der Waals surface area contributed by atoms with Gasteiger partial charge >= 0.3 is 24.2 Å². The van der Waals surface area contributed by atoms with E-state index < -0.39 is 167 Å². The van der Waals surface area contributed by atoms with Gasteiger partial charge in [0.1, 0.15) is 82.8 Å². The van der Waals surface area contributed by atoms with Crippen molar-refractivity contribution >= 4 is 88.4 Å². The maximum atomic E-state index is 15.9. The van der Waals surface area contributed by atoms with Gasteiger partial charge in [0.15, 0.2) is 5.96 Å². The van der Waals surface area contributed by atoms with Crippen molar-refractivity contribution in [2.24, 2.45) is 11.7 Å². The standard InChI is InChI=1S/C82H114N16O18/c1-48(2)36-57(66(100)88-56(73(107)108)27-23-35-85-74(83)84)89-69(103)60(39-52-43-95(46-86-52)41-50-24-19-18-20-25-50)92-67(101)58(37-49-29-31-54(32-30-49)113-79(6,7)8)90-71(105)62(45-112-78(3,4)5)94-68(102)59(38-51-42-97(76(110)115-81(12,13)14)63-28-22-21-26-55(51)63)91-70(104)61(40-53-44-96(47-87-53)75(109)114-80(9,10)11)93-72(106)64-33-34-65(99)98(64)77(111)116-82(15,16)17/h18-22,24-26,28-32,42-44,46-48,56-62,64H,23,27,33-41,45H2,1-17H3,(H,88,100)(H,89,103)(H,90,105)(H,91,104)(H,92,101)(H,93,106)(H,94,102)(H,107,108)(H4,83,84,85)/t56-,57-,58-,59-,60+,61-,62-,64-/m0/s1. The number of aliphatic carboxylic acids is 1. The molecule has 34 heteroatoms. The third-order valence-corrected chi connectivity index (χ3v) is 17.4. The van der Waals surface area contributed by atoms with Crippen LogP contribution in [0.2, 0.25) is 0 Å². The van der Waals surface area contributed by atoms with Crippen molar-refractivity contribution in [2.45, 2.75) is 258 Å². The van der Waals surface area contributed by atoms with Crippen molar-refractivity contribution in [3.63, 3.8) is 0 Å². The maximum absolute atomic E-state index is 15.9. The van der Waals surface area contributed by atoms with E-state index in [-0.39, 0.29) is 74.6 Å². The fourth-order valence-electron chi connectivity index (χ4n) is 12.3. The Labute approximate surface area is 675 Å². The van der Waals surface area contributed by atoms with Gasteiger partial charge in [0.2, 0.25) is 47.3 Å². The molecular formula is C82H114N16O18. The summed E-state index contributed by atoms with van der Waals surface area (Å²) in [5, 5.41) is 39.9. The molecule has 0 saturated carbocycles. The SMILES string of the molecule is CC(C)C[C@H](NC(=O)[C@@H](Cc1cn(Cc2ccccc2)cn1)NC(=O)[C@H](Cc1ccc(OC(C)(C)C)cc1)NC(=O)[C@H](COC(C)(C)C)NC(=O)[C@H](Cc1cn(C(=O)OC(C)(C)C)c2ccccc12)NC(=O)[C@H](Cc1cn(C(=O)OC(C)(C)C)cn1)NC(=O)[C@@H]1CCC(=O)N1C(=O)OC(C)(C)C)C(=O)N[C@@H](CCCNC(=N)N)C(=O)O. The van der Waals surface area contributed by atoms with Gasteiger partial charge in [-0.15, -0.1) is 0 Å². The van der Waals surface area contributed by atoms with Gasteiger partial charge in [0.25, 0.3) is 0 Å². The number of nitrogens with two attached hydrogens (primary N) is 1. The average molecular weight is 1610 g/mol. The molecule has 3 aromatic carbocycles. The molecular weight excluding hydrogens is 1500 g/mol. The van der Waals surface area contributed by atoms with Gasteiger partial charge in [-0.2, -0.15) is 0 Å². The number of ether oxygens (including phenoxy) is 5. The van der Waals surface area contributed by atoms with E-state index in [1.54, 1.807) is 163 Å². The number of nitrogens with zero attached hydrogens (tertiary/aromatic N) is 6. The van der Waals surface area contributed by atoms with E-state index in [0.717, 1.165) is 16.5 Å². The molecule has 0 bridgehead atoms. The van der Waals surface area contributed by atoms with Crippen molar-refractivity contribution in [1.29, 1.82) is 5.41 Å². The van der Waals surface area contributed by atoms with Crippen LogP contribution in [0.5, 0.6) is 5.75 Å². The molecule has 34 nitrogen and oxygen atoms in total. The summed E-state index contributed by atoms with van der Waals surface area (Å²) in [7, 11) is 0. The van der Waals surface area contributed by atoms with Gasteiger partial charge in [-0.3, -0.25) is 48.3 Å². The van der Waals surface area contributed by atoms with Crippen molar-refractivity contribution < 1.29 is 86.3 Å². The summed E-state index contributed by atoms with van der Waals surface area (Å²) in [5.41, 5.74) is 3.07. The highest BCUT2D eigenvalue weighted by molar-refractivity contribution is 6.03. The van der Waals surface area contributed by atoms with Gasteiger partial charge in [0.05, 0.1) is 35.4 Å². The normalized spacial score (nSPS) is 15.1. The van der Waals surface area contributed by atoms with Crippen molar-refractivity contribution in [2.75, 3.05) is 13.2 Å². The van der Waals surface area contributed by atoms with E-state index >= 15 is 24.0 Å². The van der Waals surface area contributed by atoms with E-state index in [9.17, 15) is 38.7 Å². The van der Waals surface area contributed by atoms with Crippen LogP contribution in [0.4, 0.5) is 14.4 Å². The Bertz CT molecular complexity index is 4480. The lowest BCUT2D eigenvalue weighted by molar-refractivity contribution is -0.142. The molecule has 0 aliphatic carbocycles. The molecule has 1 saturated heterocycles. The second-order valence-corrected chi connectivity index (χ2v) is 34.1. The van der Waals surface area contributed by atoms with Crippen LogP contribution in [0, 0.1) is 11.3 Å². The number of carbonyl (C=O) groups is 12. The minimum Gasteiger partial charge on any atom is -0.488 e. The summed E-state index contributed by atoms with van der Waals surface area (Å²) in [6.07, 6.45) is 2.37. The number of para-hydroxylation sites is 1. The summed E-state index contributed by atoms with van der Waals surface area (Å²) >= 11 is 0. The molecule has 9 amide bonds. The molecule has 0 radical (unpaired) electrons. The Morgan fingerprint density at radius 2 is 1.04 bits per heavy atom. The van der Waals surface area contributed by atoms with Gasteiger partial charge in [-0.1, -0.05) is 74.5 Å². The number of imide groups is 1. The number of imidazole rings is 2. The third-order valence-electron chi connectivity index (χ3n) is 17.4. The van der Waals surface area contributed by atoms with E-state index in [1.807, 2.05) is 51.1 Å². The second kappa shape index (κ2) is 39.6. The average Bonchev–Trinajstić information content (AvgIpc) is 1.64. The third kappa shape index (κ3) is 29.3. The lowest BCUT2D eigenvalue weighted by Gasteiger charge is -2.30. The number of carboxylic acids is 1. The van der Waals surface area contributed by atoms with Gasteiger partial charge in [-0.25, -0.2) is 38.6 Å². The smallest absolute Gasteiger partial charge is 0.419 e. The van der Waals surface area contributed by atoms with Crippen LogP contribution in [0.25, 0.3) is 10.9 Å². The van der Waals surface area contributed by atoms with E-state index in [2.05, 4.69) is 52.5 Å². The van der Waals surface area contributed by atoms with Crippen molar-refractivity contribution in [1.82, 2.24) is 71.1 Å². The zero-order chi connectivity index (χ0) is 85.9. The lowest BCUT2D eigenvalue weighted by Crippen LogP contribution is -2.62. The Morgan fingerprint density at radius 1 is 0.543 bits per heavy atom. The zero-order valence-electron chi connectivity index (χ0n) is 69.2. The molecule has 12 N–H and O–H groups in total. The zero-order valence-corrected chi connectivity index (χ0v) is 69.2. The largest absolute Gasteiger partial charge is 0.488 e. The molecule has 8 atom stereocenters. The van der Waals surface area contributed by atoms with Crippen molar-refractivity contribution in [3.05, 3.63) is 138 Å². The van der Waals surface area contributed by atoms with E-state index in [1.165, 1.54) is 17.0 Å². The predicted octanol–water partition coefficient (Wildman–Crippen LogP) is 6.63. The Balaban J connectivity index is 1.31. The maximum Gasteiger partial charge on any atom is 0.419 e. The van der Waals surface area contributed by atoms with Crippen LogP contribution in [0.15, 0.2) is 110 Å². The number of hydrogen-bond acceptors (Lipinski definition) is 20. The molecule has 630 valence electrons. The van der Waals surface area contributed by atoms with Gasteiger partial charge in [0, 0.05) is 69.2 Å². The van der Waals surface area contributed by atoms with Crippen LogP contribution < -0.4 is 53.0 Å². The molecule has 6 aromatic rings. The van der Waals surface area contributed by atoms with Crippen LogP contribution in [0.3, 0.4) is 0 Å². The number of likely N-dealkylation sites (tertiary alicyclic amines) is 1. The number of nitrogens with one attached hydrogen (secondary N) is 9. The summed E-state index contributed by atoms with van der Waals surface area (Å²) in [5.74, 6) is -9.09. The number of hydrogen-bond donors (Lipinski definition) is 11. The first-order chi connectivity index (χ1) is 54.1. The molecule has 1 aliphatic heterocycles. The van der Waals surface area contributed by atoms with Gasteiger partial charge in [-0.05, 0) is 170 Å². The first-order valence-electron chi connectivity index (χ1n) is 38.6. The predicted molar refractivity (Wildman–Crippen MR) is 428 cm³/mol. The molecule has 4 heterocycles. The Morgan fingerprint density at radius 3 is 1.61 bits per heavy atom. The molecule has 116 heavy (non-hydrogen) atoms. The fourth-order valence-corrected chi connectivity index (χ4v) is 12.3. The molecule has 3 aromatic heterocycles. The molecule has 0 spiro atoms. The summed E-state index contributed by atoms with van der Waals surface area (Å²) in [4.78, 5) is 184. The highest BCUT2D eigenvalue weighted by Crippen LogP contribution is 2.28. The van der Waals surface area contributed by atoms with E-state index in [0.29, 0.717) is 39.4 Å². The van der Waals surface area contributed by atoms with Crippen LogP contribution in [-0.2, 0) is 94.3 Å². The number of aromatic nitrogens is 5. The molecule has 7 rings (SSSR count). The number of guanidine groups is 1. The minimum atomic E-state index is -1.79. The minimum absolute atomic E-state index is 0.0000443.